The lowest BCUT2D eigenvalue weighted by Gasteiger charge is -2.39. The average Bonchev–Trinajstić information content (AvgIpc) is 2.57. The molecule has 0 radical (unpaired) electrons. The van der Waals surface area contributed by atoms with Gasteiger partial charge >= 0.3 is 0 Å². The van der Waals surface area contributed by atoms with Crippen LogP contribution in [0.15, 0.2) is 24.5 Å². The molecule has 6 heteroatoms. The van der Waals surface area contributed by atoms with Gasteiger partial charge in [-0.3, -0.25) is 14.7 Å². The highest BCUT2D eigenvalue weighted by Crippen LogP contribution is 2.32. The summed E-state index contributed by atoms with van der Waals surface area (Å²) in [4.78, 5) is 20.4. The standard InChI is InChI=1S/C16H23N3O3/c20-15(13-18-8-10-22-11-9-18)19-6-3-16(21,4-7-19)14-2-1-5-17-12-14/h1-2,5,12,21H,3-4,6-11,13H2. The largest absolute Gasteiger partial charge is 0.385 e. The Hall–Kier alpha value is -1.50. The van der Waals surface area contributed by atoms with Crippen molar-refractivity contribution in [2.45, 2.75) is 18.4 Å². The van der Waals surface area contributed by atoms with E-state index in [1.807, 2.05) is 17.0 Å². The van der Waals surface area contributed by atoms with E-state index in [4.69, 9.17) is 4.74 Å². The molecule has 6 nitrogen and oxygen atoms in total. The summed E-state index contributed by atoms with van der Waals surface area (Å²) in [5.74, 6) is 0.148. The topological polar surface area (TPSA) is 65.9 Å². The monoisotopic (exact) mass is 305 g/mol. The van der Waals surface area contributed by atoms with E-state index in [1.54, 1.807) is 12.4 Å². The summed E-state index contributed by atoms with van der Waals surface area (Å²) in [6.45, 7) is 4.68. The molecule has 1 aromatic rings. The first-order valence-electron chi connectivity index (χ1n) is 7.88. The van der Waals surface area contributed by atoms with Gasteiger partial charge in [-0.05, 0) is 18.9 Å². The van der Waals surface area contributed by atoms with Gasteiger partial charge in [0.2, 0.25) is 5.91 Å². The summed E-state index contributed by atoms with van der Waals surface area (Å²) in [6.07, 6.45) is 4.54. The predicted octanol–water partition coefficient (Wildman–Crippen LogP) is 0.224. The average molecular weight is 305 g/mol. The zero-order valence-electron chi connectivity index (χ0n) is 12.8. The Labute approximate surface area is 130 Å². The molecule has 0 spiro atoms. The van der Waals surface area contributed by atoms with Gasteiger partial charge < -0.3 is 14.7 Å². The van der Waals surface area contributed by atoms with Gasteiger partial charge in [0.15, 0.2) is 0 Å². The van der Waals surface area contributed by atoms with E-state index >= 15 is 0 Å². The van der Waals surface area contributed by atoms with Crippen LogP contribution in [0, 0.1) is 0 Å². The molecule has 0 bridgehead atoms. The predicted molar refractivity (Wildman–Crippen MR) is 81.2 cm³/mol. The number of nitrogens with zero attached hydrogens (tertiary/aromatic N) is 3. The number of amides is 1. The Morgan fingerprint density at radius 3 is 2.64 bits per heavy atom. The lowest BCUT2D eigenvalue weighted by atomic mass is 9.85. The molecule has 1 aromatic heterocycles. The molecule has 2 aliphatic heterocycles. The van der Waals surface area contributed by atoms with E-state index in [0.717, 1.165) is 18.7 Å². The summed E-state index contributed by atoms with van der Waals surface area (Å²) in [5.41, 5.74) is -0.0143. The number of morpholine rings is 1. The number of rotatable bonds is 3. The summed E-state index contributed by atoms with van der Waals surface area (Å²) in [6, 6.07) is 3.74. The van der Waals surface area contributed by atoms with Crippen molar-refractivity contribution in [1.82, 2.24) is 14.8 Å². The smallest absolute Gasteiger partial charge is 0.236 e. The molecule has 2 fully saturated rings. The molecular formula is C16H23N3O3. The first-order chi connectivity index (χ1) is 10.7. The van der Waals surface area contributed by atoms with Crippen LogP contribution in [0.5, 0.6) is 0 Å². The maximum absolute atomic E-state index is 12.4. The van der Waals surface area contributed by atoms with Gasteiger partial charge in [0.25, 0.3) is 0 Å². The van der Waals surface area contributed by atoms with Crippen LogP contribution in [0.4, 0.5) is 0 Å². The minimum Gasteiger partial charge on any atom is -0.385 e. The van der Waals surface area contributed by atoms with Crippen LogP contribution in [0.2, 0.25) is 0 Å². The van der Waals surface area contributed by atoms with Crippen molar-refractivity contribution in [1.29, 1.82) is 0 Å². The number of ether oxygens (including phenoxy) is 1. The van der Waals surface area contributed by atoms with E-state index < -0.39 is 5.60 Å². The second kappa shape index (κ2) is 6.73. The minimum absolute atomic E-state index is 0.148. The number of piperidine rings is 1. The number of aromatic nitrogens is 1. The van der Waals surface area contributed by atoms with Crippen molar-refractivity contribution in [2.24, 2.45) is 0 Å². The third-order valence-corrected chi connectivity index (χ3v) is 4.60. The molecule has 1 N–H and O–H groups in total. The first kappa shape index (κ1) is 15.4. The van der Waals surface area contributed by atoms with Crippen molar-refractivity contribution in [3.63, 3.8) is 0 Å². The van der Waals surface area contributed by atoms with Crippen LogP contribution in [-0.4, -0.2) is 71.7 Å². The summed E-state index contributed by atoms with van der Waals surface area (Å²) in [7, 11) is 0. The molecule has 3 heterocycles. The molecule has 0 atom stereocenters. The van der Waals surface area contributed by atoms with E-state index in [9.17, 15) is 9.90 Å². The lowest BCUT2D eigenvalue weighted by molar-refractivity contribution is -0.138. The fourth-order valence-corrected chi connectivity index (χ4v) is 3.10. The van der Waals surface area contributed by atoms with Gasteiger partial charge in [-0.1, -0.05) is 6.07 Å². The van der Waals surface area contributed by atoms with Gasteiger partial charge in [-0.2, -0.15) is 0 Å². The zero-order chi connectivity index (χ0) is 15.4. The van der Waals surface area contributed by atoms with Crippen molar-refractivity contribution in [3.05, 3.63) is 30.1 Å². The maximum Gasteiger partial charge on any atom is 0.236 e. The van der Waals surface area contributed by atoms with E-state index in [2.05, 4.69) is 9.88 Å². The number of hydrogen-bond acceptors (Lipinski definition) is 5. The highest BCUT2D eigenvalue weighted by molar-refractivity contribution is 5.78. The third kappa shape index (κ3) is 3.45. The van der Waals surface area contributed by atoms with Gasteiger partial charge in [0.05, 0.1) is 25.4 Å². The Kier molecular flexibility index (Phi) is 4.71. The highest BCUT2D eigenvalue weighted by Gasteiger charge is 2.35. The SMILES string of the molecule is O=C(CN1CCOCC1)N1CCC(O)(c2cccnc2)CC1. The fourth-order valence-electron chi connectivity index (χ4n) is 3.10. The van der Waals surface area contributed by atoms with Crippen LogP contribution < -0.4 is 0 Å². The van der Waals surface area contributed by atoms with Crippen LogP contribution in [0.25, 0.3) is 0 Å². The number of carbonyl (C=O) groups is 1. The molecule has 22 heavy (non-hydrogen) atoms. The maximum atomic E-state index is 12.4. The van der Waals surface area contributed by atoms with Gasteiger partial charge in [-0.15, -0.1) is 0 Å². The van der Waals surface area contributed by atoms with Crippen molar-refractivity contribution in [2.75, 3.05) is 45.9 Å². The minimum atomic E-state index is -0.857. The number of aliphatic hydroxyl groups is 1. The molecular weight excluding hydrogens is 282 g/mol. The normalized spacial score (nSPS) is 22.5. The van der Waals surface area contributed by atoms with Crippen LogP contribution in [0.3, 0.4) is 0 Å². The summed E-state index contributed by atoms with van der Waals surface area (Å²) < 4.78 is 5.30. The number of hydrogen-bond donors (Lipinski definition) is 1. The van der Waals surface area contributed by atoms with Crippen LogP contribution in [0.1, 0.15) is 18.4 Å². The number of likely N-dealkylation sites (tertiary alicyclic amines) is 1. The molecule has 2 saturated heterocycles. The molecule has 0 aliphatic carbocycles. The third-order valence-electron chi connectivity index (χ3n) is 4.60. The van der Waals surface area contributed by atoms with Crippen molar-refractivity contribution >= 4 is 5.91 Å². The number of carbonyl (C=O) groups excluding carboxylic acids is 1. The molecule has 0 unspecified atom stereocenters. The highest BCUT2D eigenvalue weighted by atomic mass is 16.5. The number of pyridine rings is 1. The Morgan fingerprint density at radius 1 is 1.27 bits per heavy atom. The van der Waals surface area contributed by atoms with Gasteiger partial charge in [-0.25, -0.2) is 0 Å². The fraction of sp³-hybridized carbons (Fsp3) is 0.625. The Morgan fingerprint density at radius 2 is 2.00 bits per heavy atom. The van der Waals surface area contributed by atoms with E-state index in [0.29, 0.717) is 45.7 Å². The molecule has 1 amide bonds. The van der Waals surface area contributed by atoms with Crippen LogP contribution in [-0.2, 0) is 15.1 Å². The molecule has 120 valence electrons. The molecule has 2 aliphatic rings. The van der Waals surface area contributed by atoms with Crippen molar-refractivity contribution in [3.8, 4) is 0 Å². The van der Waals surface area contributed by atoms with Gasteiger partial charge in [0, 0.05) is 44.1 Å². The summed E-state index contributed by atoms with van der Waals surface area (Å²) in [5, 5.41) is 10.8. The Bertz CT molecular complexity index is 495. The zero-order valence-corrected chi connectivity index (χ0v) is 12.8. The van der Waals surface area contributed by atoms with E-state index in [-0.39, 0.29) is 5.91 Å². The lowest BCUT2D eigenvalue weighted by Crippen LogP contribution is -2.49. The Balaban J connectivity index is 1.53. The molecule has 3 rings (SSSR count). The first-order valence-corrected chi connectivity index (χ1v) is 7.88. The second-order valence-corrected chi connectivity index (χ2v) is 6.04. The van der Waals surface area contributed by atoms with Crippen LogP contribution >= 0.6 is 0 Å². The summed E-state index contributed by atoms with van der Waals surface area (Å²) >= 11 is 0. The quantitative estimate of drug-likeness (QED) is 0.865. The van der Waals surface area contributed by atoms with Crippen molar-refractivity contribution < 1.29 is 14.6 Å². The molecule has 0 aromatic carbocycles. The van der Waals surface area contributed by atoms with Gasteiger partial charge in [0.1, 0.15) is 0 Å². The molecule has 0 saturated carbocycles. The second-order valence-electron chi connectivity index (χ2n) is 6.04. The van der Waals surface area contributed by atoms with E-state index in [1.165, 1.54) is 0 Å².